The predicted molar refractivity (Wildman–Crippen MR) is 109 cm³/mol. The number of carbonyl (C=O) groups is 3. The summed E-state index contributed by atoms with van der Waals surface area (Å²) in [6.07, 6.45) is 1.37. The molecule has 0 saturated carbocycles. The lowest BCUT2D eigenvalue weighted by atomic mass is 9.94. The van der Waals surface area contributed by atoms with Gasteiger partial charge >= 0.3 is 0 Å². The van der Waals surface area contributed by atoms with Crippen molar-refractivity contribution >= 4 is 17.7 Å². The van der Waals surface area contributed by atoms with Crippen LogP contribution in [0.25, 0.3) is 0 Å². The smallest absolute Gasteiger partial charge is 0.257 e. The van der Waals surface area contributed by atoms with Crippen molar-refractivity contribution in [2.45, 2.75) is 32.7 Å². The summed E-state index contributed by atoms with van der Waals surface area (Å²) < 4.78 is 33.2. The van der Waals surface area contributed by atoms with Crippen molar-refractivity contribution in [3.8, 4) is 0 Å². The van der Waals surface area contributed by atoms with Crippen molar-refractivity contribution in [1.82, 2.24) is 15.1 Å². The van der Waals surface area contributed by atoms with E-state index >= 15 is 0 Å². The molecule has 2 aliphatic heterocycles. The van der Waals surface area contributed by atoms with E-state index < -0.39 is 29.1 Å². The van der Waals surface area contributed by atoms with Gasteiger partial charge in [-0.25, -0.2) is 8.78 Å². The summed E-state index contributed by atoms with van der Waals surface area (Å²) in [6.45, 7) is 6.34. The number of hydrogen-bond acceptors (Lipinski definition) is 4. The average Bonchev–Trinajstić information content (AvgIpc) is 2.77. The van der Waals surface area contributed by atoms with Gasteiger partial charge in [-0.1, -0.05) is 19.9 Å². The molecule has 9 heteroatoms. The monoisotopic (exact) mass is 437 g/mol. The SMILES string of the molecule is CC(C)C(NC(=O)c1c(F)cccc1F)C(=O)N1CCCC(C(=O)N2CCOCC2)C1. The van der Waals surface area contributed by atoms with Crippen LogP contribution in [-0.4, -0.2) is 73.0 Å². The highest BCUT2D eigenvalue weighted by Crippen LogP contribution is 2.22. The van der Waals surface area contributed by atoms with E-state index in [0.717, 1.165) is 12.1 Å². The molecule has 2 unspecified atom stereocenters. The van der Waals surface area contributed by atoms with E-state index in [0.29, 0.717) is 45.7 Å². The van der Waals surface area contributed by atoms with Crippen LogP contribution in [0.1, 0.15) is 37.0 Å². The number of nitrogens with zero attached hydrogens (tertiary/aromatic N) is 2. The van der Waals surface area contributed by atoms with E-state index in [9.17, 15) is 23.2 Å². The largest absolute Gasteiger partial charge is 0.378 e. The Morgan fingerprint density at radius 3 is 2.32 bits per heavy atom. The average molecular weight is 437 g/mol. The fourth-order valence-electron chi connectivity index (χ4n) is 4.06. The van der Waals surface area contributed by atoms with Gasteiger partial charge in [0.15, 0.2) is 0 Å². The Bertz CT molecular complexity index is 807. The lowest BCUT2D eigenvalue weighted by Gasteiger charge is -2.38. The molecule has 31 heavy (non-hydrogen) atoms. The van der Waals surface area contributed by atoms with Crippen LogP contribution in [0.15, 0.2) is 18.2 Å². The molecule has 2 heterocycles. The van der Waals surface area contributed by atoms with E-state index in [2.05, 4.69) is 5.32 Å². The van der Waals surface area contributed by atoms with Crippen molar-refractivity contribution in [2.24, 2.45) is 11.8 Å². The van der Waals surface area contributed by atoms with Crippen LogP contribution in [0.5, 0.6) is 0 Å². The van der Waals surface area contributed by atoms with Gasteiger partial charge in [0.05, 0.1) is 19.1 Å². The molecule has 170 valence electrons. The summed E-state index contributed by atoms with van der Waals surface area (Å²) in [5, 5.41) is 2.50. The molecule has 0 aliphatic carbocycles. The number of halogens is 2. The standard InChI is InChI=1S/C22H29F2N3O4/c1-14(2)19(25-20(28)18-16(23)6-3-7-17(18)24)22(30)27-8-4-5-15(13-27)21(29)26-9-11-31-12-10-26/h3,6-7,14-15,19H,4-5,8-13H2,1-2H3,(H,25,28). The molecule has 1 N–H and O–H groups in total. The number of carbonyl (C=O) groups excluding carboxylic acids is 3. The lowest BCUT2D eigenvalue weighted by Crippen LogP contribution is -2.55. The quantitative estimate of drug-likeness (QED) is 0.762. The first kappa shape index (κ1) is 23.1. The van der Waals surface area contributed by atoms with Crippen molar-refractivity contribution < 1.29 is 27.9 Å². The van der Waals surface area contributed by atoms with Crippen molar-refractivity contribution in [3.05, 3.63) is 35.4 Å². The number of hydrogen-bond donors (Lipinski definition) is 1. The second kappa shape index (κ2) is 10.2. The van der Waals surface area contributed by atoms with Gasteiger partial charge in [-0.15, -0.1) is 0 Å². The Hall–Kier alpha value is -2.55. The summed E-state index contributed by atoms with van der Waals surface area (Å²) in [5.74, 6) is -3.88. The van der Waals surface area contributed by atoms with Crippen LogP contribution in [0.4, 0.5) is 8.78 Å². The Morgan fingerprint density at radius 2 is 1.71 bits per heavy atom. The summed E-state index contributed by atoms with van der Waals surface area (Å²) in [7, 11) is 0. The number of benzene rings is 1. The molecule has 7 nitrogen and oxygen atoms in total. The Kier molecular flexibility index (Phi) is 7.59. The Morgan fingerprint density at radius 1 is 1.06 bits per heavy atom. The fourth-order valence-corrected chi connectivity index (χ4v) is 4.06. The molecule has 3 rings (SSSR count). The van der Waals surface area contributed by atoms with Gasteiger partial charge in [0, 0.05) is 26.2 Å². The van der Waals surface area contributed by atoms with Crippen molar-refractivity contribution in [3.63, 3.8) is 0 Å². The summed E-state index contributed by atoms with van der Waals surface area (Å²) >= 11 is 0. The van der Waals surface area contributed by atoms with Crippen molar-refractivity contribution in [2.75, 3.05) is 39.4 Å². The van der Waals surface area contributed by atoms with Gasteiger partial charge in [-0.3, -0.25) is 14.4 Å². The van der Waals surface area contributed by atoms with E-state index in [-0.39, 0.29) is 30.2 Å². The fraction of sp³-hybridized carbons (Fsp3) is 0.591. The molecule has 2 atom stereocenters. The first-order chi connectivity index (χ1) is 14.8. The zero-order chi connectivity index (χ0) is 22.5. The molecule has 0 radical (unpaired) electrons. The number of likely N-dealkylation sites (tertiary alicyclic amines) is 1. The van der Waals surface area contributed by atoms with E-state index in [1.807, 2.05) is 0 Å². The molecular weight excluding hydrogens is 408 g/mol. The number of morpholine rings is 1. The predicted octanol–water partition coefficient (Wildman–Crippen LogP) is 1.82. The summed E-state index contributed by atoms with van der Waals surface area (Å²) in [6, 6.07) is 2.21. The molecule has 0 aromatic heterocycles. The number of ether oxygens (including phenoxy) is 1. The van der Waals surface area contributed by atoms with Gasteiger partial charge in [0.25, 0.3) is 5.91 Å². The Labute approximate surface area is 180 Å². The van der Waals surface area contributed by atoms with E-state index in [1.54, 1.807) is 23.6 Å². The third-order valence-corrected chi connectivity index (χ3v) is 5.81. The van der Waals surface area contributed by atoms with Crippen LogP contribution < -0.4 is 5.32 Å². The minimum absolute atomic E-state index is 0.0133. The van der Waals surface area contributed by atoms with Gasteiger partial charge in [-0.2, -0.15) is 0 Å². The van der Waals surface area contributed by atoms with Crippen LogP contribution >= 0.6 is 0 Å². The minimum Gasteiger partial charge on any atom is -0.378 e. The maximum Gasteiger partial charge on any atom is 0.257 e. The Balaban J connectivity index is 1.69. The zero-order valence-corrected chi connectivity index (χ0v) is 17.9. The number of amides is 3. The minimum atomic E-state index is -0.985. The summed E-state index contributed by atoms with van der Waals surface area (Å²) in [4.78, 5) is 41.9. The second-order valence-corrected chi connectivity index (χ2v) is 8.35. The van der Waals surface area contributed by atoms with Crippen LogP contribution in [-0.2, 0) is 14.3 Å². The van der Waals surface area contributed by atoms with Gasteiger partial charge < -0.3 is 19.9 Å². The lowest BCUT2D eigenvalue weighted by molar-refractivity contribution is -0.144. The molecule has 0 bridgehead atoms. The highest BCUT2D eigenvalue weighted by atomic mass is 19.1. The molecule has 0 spiro atoms. The second-order valence-electron chi connectivity index (χ2n) is 8.35. The van der Waals surface area contributed by atoms with Gasteiger partial charge in [0.2, 0.25) is 11.8 Å². The van der Waals surface area contributed by atoms with Crippen LogP contribution in [0, 0.1) is 23.5 Å². The zero-order valence-electron chi connectivity index (χ0n) is 17.9. The van der Waals surface area contributed by atoms with E-state index in [4.69, 9.17) is 4.74 Å². The maximum absolute atomic E-state index is 14.0. The first-order valence-electron chi connectivity index (χ1n) is 10.7. The highest BCUT2D eigenvalue weighted by Gasteiger charge is 2.36. The third kappa shape index (κ3) is 5.39. The first-order valence-corrected chi connectivity index (χ1v) is 10.7. The van der Waals surface area contributed by atoms with Crippen LogP contribution in [0.3, 0.4) is 0 Å². The normalized spacial score (nSPS) is 20.5. The number of nitrogens with one attached hydrogen (secondary N) is 1. The number of rotatable bonds is 5. The molecule has 2 fully saturated rings. The van der Waals surface area contributed by atoms with Crippen molar-refractivity contribution in [1.29, 1.82) is 0 Å². The molecule has 3 amide bonds. The van der Waals surface area contributed by atoms with Crippen LogP contribution in [0.2, 0.25) is 0 Å². The highest BCUT2D eigenvalue weighted by molar-refractivity contribution is 5.98. The molecular formula is C22H29F2N3O4. The maximum atomic E-state index is 14.0. The molecule has 2 aliphatic rings. The summed E-state index contributed by atoms with van der Waals surface area (Å²) in [5.41, 5.74) is -0.708. The molecule has 1 aromatic rings. The third-order valence-electron chi connectivity index (χ3n) is 5.81. The molecule has 1 aromatic carbocycles. The molecule has 2 saturated heterocycles. The van der Waals surface area contributed by atoms with Gasteiger partial charge in [-0.05, 0) is 30.9 Å². The topological polar surface area (TPSA) is 79.0 Å². The number of piperidine rings is 1. The van der Waals surface area contributed by atoms with Gasteiger partial charge in [0.1, 0.15) is 23.2 Å². The van der Waals surface area contributed by atoms with E-state index in [1.165, 1.54) is 6.07 Å².